The van der Waals surface area contributed by atoms with Gasteiger partial charge >= 0.3 is 0 Å². The maximum absolute atomic E-state index is 10.1. The van der Waals surface area contributed by atoms with E-state index in [-0.39, 0.29) is 5.92 Å². The minimum atomic E-state index is -0.470. The molecule has 0 aromatic heterocycles. The largest absolute Gasteiger partial charge is 0.388 e. The monoisotopic (exact) mass is 244 g/mol. The van der Waals surface area contributed by atoms with Crippen LogP contribution in [-0.2, 0) is 0 Å². The van der Waals surface area contributed by atoms with Crippen LogP contribution in [0.5, 0.6) is 0 Å². The molecule has 2 unspecified atom stereocenters. The Labute approximate surface area is 100 Å². The summed E-state index contributed by atoms with van der Waals surface area (Å²) in [7, 11) is 0. The van der Waals surface area contributed by atoms with Gasteiger partial charge in [-0.15, -0.1) is 0 Å². The number of aliphatic hydroxyl groups excluding tert-OH is 1. The average Bonchev–Trinajstić information content (AvgIpc) is 2.99. The van der Waals surface area contributed by atoms with Crippen molar-refractivity contribution in [1.82, 2.24) is 0 Å². The van der Waals surface area contributed by atoms with Gasteiger partial charge in [-0.05, 0) is 42.4 Å². The molecule has 1 aromatic rings. The molecule has 2 atom stereocenters. The molecule has 82 valence electrons. The maximum Gasteiger partial charge on any atom is 0.0832 e. The Balaban J connectivity index is 2.20. The summed E-state index contributed by atoms with van der Waals surface area (Å²) >= 11 is 11.9. The van der Waals surface area contributed by atoms with E-state index < -0.39 is 6.10 Å². The molecule has 1 aromatic carbocycles. The van der Waals surface area contributed by atoms with Crippen LogP contribution in [-0.4, -0.2) is 5.11 Å². The quantitative estimate of drug-likeness (QED) is 0.850. The highest BCUT2D eigenvalue weighted by molar-refractivity contribution is 6.35. The lowest BCUT2D eigenvalue weighted by Gasteiger charge is -2.19. The Morgan fingerprint density at radius 1 is 1.33 bits per heavy atom. The second-order valence-electron chi connectivity index (χ2n) is 4.31. The van der Waals surface area contributed by atoms with Crippen LogP contribution in [0.2, 0.25) is 10.0 Å². The number of aliphatic hydroxyl groups is 1. The Hall–Kier alpha value is -0.240. The number of hydrogen-bond acceptors (Lipinski definition) is 1. The van der Waals surface area contributed by atoms with Gasteiger partial charge < -0.3 is 5.11 Å². The van der Waals surface area contributed by atoms with Crippen molar-refractivity contribution >= 4 is 23.2 Å². The molecular weight excluding hydrogens is 231 g/mol. The summed E-state index contributed by atoms with van der Waals surface area (Å²) < 4.78 is 0. The second kappa shape index (κ2) is 4.32. The van der Waals surface area contributed by atoms with E-state index in [9.17, 15) is 5.11 Å². The Morgan fingerprint density at radius 2 is 2.00 bits per heavy atom. The van der Waals surface area contributed by atoms with E-state index in [0.29, 0.717) is 16.0 Å². The molecule has 2 rings (SSSR count). The molecule has 1 nitrogen and oxygen atoms in total. The van der Waals surface area contributed by atoms with Gasteiger partial charge in [-0.1, -0.05) is 36.2 Å². The fourth-order valence-electron chi connectivity index (χ4n) is 1.90. The maximum atomic E-state index is 10.1. The van der Waals surface area contributed by atoms with E-state index >= 15 is 0 Å². The van der Waals surface area contributed by atoms with Gasteiger partial charge in [-0.3, -0.25) is 0 Å². The van der Waals surface area contributed by atoms with Crippen molar-refractivity contribution in [3.8, 4) is 0 Å². The number of hydrogen-bond donors (Lipinski definition) is 1. The summed E-state index contributed by atoms with van der Waals surface area (Å²) in [5.74, 6) is 0.940. The first-order valence-electron chi connectivity index (χ1n) is 5.22. The molecular formula is C12H14Cl2O. The zero-order chi connectivity index (χ0) is 11.0. The first-order chi connectivity index (χ1) is 7.09. The third-order valence-electron chi connectivity index (χ3n) is 3.14. The molecule has 0 saturated heterocycles. The van der Waals surface area contributed by atoms with Gasteiger partial charge in [0, 0.05) is 10.0 Å². The molecule has 0 radical (unpaired) electrons. The van der Waals surface area contributed by atoms with Gasteiger partial charge in [0.05, 0.1) is 6.10 Å². The predicted octanol–water partition coefficient (Wildman–Crippen LogP) is 4.07. The number of benzene rings is 1. The highest BCUT2D eigenvalue weighted by Crippen LogP contribution is 2.43. The van der Waals surface area contributed by atoms with Crippen LogP contribution < -0.4 is 0 Å². The van der Waals surface area contributed by atoms with Crippen molar-refractivity contribution in [3.63, 3.8) is 0 Å². The Morgan fingerprint density at radius 3 is 2.53 bits per heavy atom. The zero-order valence-electron chi connectivity index (χ0n) is 8.58. The molecule has 0 aliphatic heterocycles. The van der Waals surface area contributed by atoms with Crippen LogP contribution in [0, 0.1) is 11.8 Å². The molecule has 15 heavy (non-hydrogen) atoms. The van der Waals surface area contributed by atoms with Crippen LogP contribution >= 0.6 is 23.2 Å². The number of rotatable bonds is 3. The van der Waals surface area contributed by atoms with Crippen LogP contribution in [0.3, 0.4) is 0 Å². The molecule has 3 heteroatoms. The molecule has 0 bridgehead atoms. The van der Waals surface area contributed by atoms with Gasteiger partial charge in [-0.2, -0.15) is 0 Å². The SMILES string of the molecule is CC(C1CC1)C(O)c1ccc(Cl)cc1Cl. The van der Waals surface area contributed by atoms with Gasteiger partial charge in [0.15, 0.2) is 0 Å². The van der Waals surface area contributed by atoms with Gasteiger partial charge in [0.2, 0.25) is 0 Å². The topological polar surface area (TPSA) is 20.2 Å². The lowest BCUT2D eigenvalue weighted by molar-refractivity contribution is 0.106. The fourth-order valence-corrected chi connectivity index (χ4v) is 2.42. The predicted molar refractivity (Wildman–Crippen MR) is 63.3 cm³/mol. The molecule has 1 N–H and O–H groups in total. The minimum Gasteiger partial charge on any atom is -0.388 e. The molecule has 0 amide bonds. The fraction of sp³-hybridized carbons (Fsp3) is 0.500. The third kappa shape index (κ3) is 2.47. The summed E-state index contributed by atoms with van der Waals surface area (Å²) in [6, 6.07) is 5.26. The van der Waals surface area contributed by atoms with E-state index in [1.54, 1.807) is 12.1 Å². The van der Waals surface area contributed by atoms with E-state index in [4.69, 9.17) is 23.2 Å². The smallest absolute Gasteiger partial charge is 0.0832 e. The molecule has 1 aliphatic carbocycles. The van der Waals surface area contributed by atoms with Crippen molar-refractivity contribution < 1.29 is 5.11 Å². The first-order valence-corrected chi connectivity index (χ1v) is 5.98. The van der Waals surface area contributed by atoms with E-state index in [2.05, 4.69) is 6.92 Å². The van der Waals surface area contributed by atoms with Crippen LogP contribution in [0.15, 0.2) is 18.2 Å². The minimum absolute atomic E-state index is 0.281. The summed E-state index contributed by atoms with van der Waals surface area (Å²) in [6.45, 7) is 2.08. The molecule has 0 spiro atoms. The lowest BCUT2D eigenvalue weighted by Crippen LogP contribution is -2.11. The molecule has 0 heterocycles. The first kappa shape index (κ1) is 11.3. The van der Waals surface area contributed by atoms with Crippen LogP contribution in [0.4, 0.5) is 0 Å². The Bertz CT molecular complexity index is 361. The third-order valence-corrected chi connectivity index (χ3v) is 3.71. The molecule has 1 aliphatic rings. The summed E-state index contributed by atoms with van der Waals surface area (Å²) in [4.78, 5) is 0. The van der Waals surface area contributed by atoms with Crippen LogP contribution in [0.25, 0.3) is 0 Å². The van der Waals surface area contributed by atoms with Crippen molar-refractivity contribution in [2.45, 2.75) is 25.9 Å². The van der Waals surface area contributed by atoms with Gasteiger partial charge in [0.25, 0.3) is 0 Å². The van der Waals surface area contributed by atoms with E-state index in [0.717, 1.165) is 5.56 Å². The molecule has 1 saturated carbocycles. The summed E-state index contributed by atoms with van der Waals surface area (Å²) in [6.07, 6.45) is 1.98. The van der Waals surface area contributed by atoms with E-state index in [1.807, 2.05) is 6.07 Å². The summed E-state index contributed by atoms with van der Waals surface area (Å²) in [5.41, 5.74) is 0.792. The normalized spacial score (nSPS) is 20.0. The van der Waals surface area contributed by atoms with Crippen molar-refractivity contribution in [2.75, 3.05) is 0 Å². The standard InChI is InChI=1S/C12H14Cl2O/c1-7(8-2-3-8)12(15)10-5-4-9(13)6-11(10)14/h4-8,12,15H,2-3H2,1H3. The highest BCUT2D eigenvalue weighted by Gasteiger charge is 2.33. The van der Waals surface area contributed by atoms with Crippen molar-refractivity contribution in [3.05, 3.63) is 33.8 Å². The Kier molecular flexibility index (Phi) is 3.24. The van der Waals surface area contributed by atoms with Crippen molar-refractivity contribution in [2.24, 2.45) is 11.8 Å². The van der Waals surface area contributed by atoms with Gasteiger partial charge in [0.1, 0.15) is 0 Å². The summed E-state index contributed by atoms with van der Waals surface area (Å²) in [5, 5.41) is 11.3. The molecule has 1 fully saturated rings. The van der Waals surface area contributed by atoms with Crippen LogP contribution in [0.1, 0.15) is 31.4 Å². The van der Waals surface area contributed by atoms with Crippen molar-refractivity contribution in [1.29, 1.82) is 0 Å². The van der Waals surface area contributed by atoms with E-state index in [1.165, 1.54) is 12.8 Å². The zero-order valence-corrected chi connectivity index (χ0v) is 10.1. The second-order valence-corrected chi connectivity index (χ2v) is 5.15. The highest BCUT2D eigenvalue weighted by atomic mass is 35.5. The average molecular weight is 245 g/mol. The number of halogens is 2. The van der Waals surface area contributed by atoms with Gasteiger partial charge in [-0.25, -0.2) is 0 Å². The lowest BCUT2D eigenvalue weighted by atomic mass is 9.93.